The summed E-state index contributed by atoms with van der Waals surface area (Å²) >= 11 is 0. The van der Waals surface area contributed by atoms with Gasteiger partial charge in [0.2, 0.25) is 0 Å². The predicted octanol–water partition coefficient (Wildman–Crippen LogP) is 5.14. The smallest absolute Gasteiger partial charge is 0.253 e. The van der Waals surface area contributed by atoms with E-state index in [1.807, 2.05) is 30.3 Å². The lowest BCUT2D eigenvalue weighted by Gasteiger charge is -2.31. The molecule has 0 radical (unpaired) electrons. The van der Waals surface area contributed by atoms with Crippen LogP contribution < -0.4 is 4.74 Å². The molecule has 3 aromatic rings. The Morgan fingerprint density at radius 2 is 1.55 bits per heavy atom. The second-order valence-corrected chi connectivity index (χ2v) is 7.74. The molecule has 4 nitrogen and oxygen atoms in total. The van der Waals surface area contributed by atoms with Crippen molar-refractivity contribution in [2.24, 2.45) is 5.92 Å². The van der Waals surface area contributed by atoms with Crippen LogP contribution in [0.1, 0.15) is 39.1 Å². The van der Waals surface area contributed by atoms with E-state index in [2.05, 4.69) is 0 Å². The molecule has 1 saturated heterocycles. The number of ether oxygens (including phenoxy) is 1. The summed E-state index contributed by atoms with van der Waals surface area (Å²) in [5.74, 6) is 0.355. The van der Waals surface area contributed by atoms with Crippen LogP contribution in [0.2, 0.25) is 0 Å². The summed E-state index contributed by atoms with van der Waals surface area (Å²) in [7, 11) is 0. The lowest BCUT2D eigenvalue weighted by atomic mass is 9.88. The molecule has 1 aliphatic heterocycles. The van der Waals surface area contributed by atoms with Gasteiger partial charge in [-0.1, -0.05) is 48.5 Å². The summed E-state index contributed by atoms with van der Waals surface area (Å²) in [5.41, 5.74) is 2.14. The highest BCUT2D eigenvalue weighted by Crippen LogP contribution is 2.24. The van der Waals surface area contributed by atoms with Gasteiger partial charge in [-0.15, -0.1) is 0 Å². The van der Waals surface area contributed by atoms with Crippen LogP contribution in [0.4, 0.5) is 4.39 Å². The maximum atomic E-state index is 13.0. The van der Waals surface area contributed by atoms with Crippen LogP contribution in [0, 0.1) is 11.7 Å². The Balaban J connectivity index is 1.34. The lowest BCUT2D eigenvalue weighted by Crippen LogP contribution is -2.40. The van der Waals surface area contributed by atoms with E-state index < -0.39 is 0 Å². The molecular formula is C26H24FNO3. The van der Waals surface area contributed by atoms with E-state index in [0.717, 1.165) is 11.1 Å². The van der Waals surface area contributed by atoms with Gasteiger partial charge in [0.05, 0.1) is 0 Å². The highest BCUT2D eigenvalue weighted by Gasteiger charge is 2.28. The quantitative estimate of drug-likeness (QED) is 0.522. The molecule has 1 amide bonds. The molecule has 0 spiro atoms. The second-order valence-electron chi connectivity index (χ2n) is 7.74. The van der Waals surface area contributed by atoms with E-state index >= 15 is 0 Å². The second kappa shape index (κ2) is 9.56. The fraction of sp³-hybridized carbons (Fsp3) is 0.231. The third-order valence-corrected chi connectivity index (χ3v) is 5.61. The number of ketones is 1. The molecule has 1 aliphatic rings. The Morgan fingerprint density at radius 3 is 2.26 bits per heavy atom. The molecule has 0 unspecified atom stereocenters. The number of carbonyl (C=O) groups is 2. The summed E-state index contributed by atoms with van der Waals surface area (Å²) in [6.07, 6.45) is 1.33. The Hall–Kier alpha value is -3.47. The number of hydrogen-bond acceptors (Lipinski definition) is 3. The molecule has 0 N–H and O–H groups in total. The number of Topliss-reactive ketones (excluding diaryl/α,β-unsaturated/α-hetero) is 1. The number of piperidine rings is 1. The van der Waals surface area contributed by atoms with Gasteiger partial charge in [0.15, 0.2) is 5.78 Å². The van der Waals surface area contributed by atoms with Crippen LogP contribution in [-0.2, 0) is 6.61 Å². The molecular weight excluding hydrogens is 393 g/mol. The van der Waals surface area contributed by atoms with Gasteiger partial charge in [0.25, 0.3) is 5.91 Å². The summed E-state index contributed by atoms with van der Waals surface area (Å²) in [6.45, 7) is 1.41. The van der Waals surface area contributed by atoms with Gasteiger partial charge < -0.3 is 9.64 Å². The van der Waals surface area contributed by atoms with Crippen LogP contribution in [-0.4, -0.2) is 29.7 Å². The normalized spacial score (nSPS) is 14.3. The molecule has 31 heavy (non-hydrogen) atoms. The van der Waals surface area contributed by atoms with Crippen molar-refractivity contribution in [3.63, 3.8) is 0 Å². The third kappa shape index (κ3) is 5.18. The van der Waals surface area contributed by atoms with E-state index in [1.165, 1.54) is 12.1 Å². The molecule has 0 aliphatic carbocycles. The lowest BCUT2D eigenvalue weighted by molar-refractivity contribution is 0.0650. The van der Waals surface area contributed by atoms with Crippen LogP contribution >= 0.6 is 0 Å². The zero-order chi connectivity index (χ0) is 21.6. The number of amides is 1. The Bertz CT molecular complexity index is 1040. The maximum Gasteiger partial charge on any atom is 0.253 e. The van der Waals surface area contributed by atoms with Crippen molar-refractivity contribution in [2.45, 2.75) is 19.4 Å². The molecule has 0 saturated carbocycles. The Labute approximate surface area is 181 Å². The van der Waals surface area contributed by atoms with Crippen LogP contribution in [0.25, 0.3) is 0 Å². The van der Waals surface area contributed by atoms with Crippen LogP contribution in [0.15, 0.2) is 78.9 Å². The van der Waals surface area contributed by atoms with Crippen molar-refractivity contribution in [1.29, 1.82) is 0 Å². The molecule has 4 rings (SSSR count). The standard InChI is InChI=1S/C26H24FNO3/c27-23-11-9-19(10-12-23)18-31-24-8-4-7-22(17-24)26(30)28-15-13-21(14-16-28)25(29)20-5-2-1-3-6-20/h1-12,17,21H,13-16,18H2. The highest BCUT2D eigenvalue weighted by molar-refractivity contribution is 5.98. The molecule has 3 aromatic carbocycles. The van der Waals surface area contributed by atoms with E-state index in [-0.39, 0.29) is 23.4 Å². The van der Waals surface area contributed by atoms with Crippen molar-refractivity contribution >= 4 is 11.7 Å². The minimum atomic E-state index is -0.286. The van der Waals surface area contributed by atoms with Gasteiger partial charge in [-0.05, 0) is 48.7 Å². The largest absolute Gasteiger partial charge is 0.489 e. The molecule has 5 heteroatoms. The molecule has 0 bridgehead atoms. The van der Waals surface area contributed by atoms with Crippen molar-refractivity contribution in [3.8, 4) is 5.75 Å². The van der Waals surface area contributed by atoms with Crippen molar-refractivity contribution in [3.05, 3.63) is 101 Å². The minimum absolute atomic E-state index is 0.0446. The fourth-order valence-corrected chi connectivity index (χ4v) is 3.83. The van der Waals surface area contributed by atoms with Gasteiger partial charge in [0.1, 0.15) is 18.2 Å². The Kier molecular flexibility index (Phi) is 6.41. The summed E-state index contributed by atoms with van der Waals surface area (Å²) in [4.78, 5) is 27.4. The van der Waals surface area contributed by atoms with E-state index in [1.54, 1.807) is 41.3 Å². The number of nitrogens with zero attached hydrogens (tertiary/aromatic N) is 1. The number of benzene rings is 3. The molecule has 1 fully saturated rings. The first-order valence-electron chi connectivity index (χ1n) is 10.5. The van der Waals surface area contributed by atoms with Gasteiger partial charge in [-0.25, -0.2) is 4.39 Å². The number of hydrogen-bond donors (Lipinski definition) is 0. The average Bonchev–Trinajstić information content (AvgIpc) is 2.83. The van der Waals surface area contributed by atoms with Crippen LogP contribution in [0.5, 0.6) is 5.75 Å². The molecule has 0 aromatic heterocycles. The zero-order valence-corrected chi connectivity index (χ0v) is 17.2. The third-order valence-electron chi connectivity index (χ3n) is 5.61. The van der Waals surface area contributed by atoms with Crippen molar-refractivity contribution in [1.82, 2.24) is 4.90 Å². The minimum Gasteiger partial charge on any atom is -0.489 e. The number of likely N-dealkylation sites (tertiary alicyclic amines) is 1. The maximum absolute atomic E-state index is 13.0. The number of rotatable bonds is 6. The molecule has 1 heterocycles. The van der Waals surface area contributed by atoms with Gasteiger partial charge in [-0.2, -0.15) is 0 Å². The van der Waals surface area contributed by atoms with Gasteiger partial charge >= 0.3 is 0 Å². The first kappa shape index (κ1) is 20.8. The molecule has 0 atom stereocenters. The summed E-state index contributed by atoms with van der Waals surface area (Å²) < 4.78 is 18.8. The predicted molar refractivity (Wildman–Crippen MR) is 117 cm³/mol. The monoisotopic (exact) mass is 417 g/mol. The van der Waals surface area contributed by atoms with Gasteiger partial charge in [0, 0.05) is 30.1 Å². The van der Waals surface area contributed by atoms with Crippen LogP contribution in [0.3, 0.4) is 0 Å². The highest BCUT2D eigenvalue weighted by atomic mass is 19.1. The topological polar surface area (TPSA) is 46.6 Å². The first-order chi connectivity index (χ1) is 15.1. The average molecular weight is 417 g/mol. The number of carbonyl (C=O) groups excluding carboxylic acids is 2. The fourth-order valence-electron chi connectivity index (χ4n) is 3.83. The molecule has 158 valence electrons. The SMILES string of the molecule is O=C(c1ccccc1)C1CCN(C(=O)c2cccc(OCc3ccc(F)cc3)c2)CC1. The zero-order valence-electron chi connectivity index (χ0n) is 17.2. The van der Waals surface area contributed by atoms with E-state index in [9.17, 15) is 14.0 Å². The Morgan fingerprint density at radius 1 is 0.871 bits per heavy atom. The first-order valence-corrected chi connectivity index (χ1v) is 10.5. The summed E-state index contributed by atoms with van der Waals surface area (Å²) in [5, 5.41) is 0. The van der Waals surface area contributed by atoms with E-state index in [0.29, 0.717) is 43.9 Å². The van der Waals surface area contributed by atoms with Gasteiger partial charge in [-0.3, -0.25) is 9.59 Å². The van der Waals surface area contributed by atoms with Crippen molar-refractivity contribution < 1.29 is 18.7 Å². The number of halogens is 1. The van der Waals surface area contributed by atoms with Crippen molar-refractivity contribution in [2.75, 3.05) is 13.1 Å². The summed E-state index contributed by atoms with van der Waals surface area (Å²) in [6, 6.07) is 22.6. The van der Waals surface area contributed by atoms with E-state index in [4.69, 9.17) is 4.74 Å².